The first kappa shape index (κ1) is 22.7. The van der Waals surface area contributed by atoms with Crippen LogP contribution in [0.1, 0.15) is 28.0 Å². The summed E-state index contributed by atoms with van der Waals surface area (Å²) in [6.07, 6.45) is 0. The molecule has 1 aromatic carbocycles. The molecule has 1 aliphatic heterocycles. The number of hydrogen-bond donors (Lipinski definition) is 2. The zero-order valence-electron chi connectivity index (χ0n) is 17.3. The Kier molecular flexibility index (Phi) is 5.84. The second-order valence-electron chi connectivity index (χ2n) is 7.65. The number of likely N-dealkylation sites (tertiary alicyclic amines) is 1. The summed E-state index contributed by atoms with van der Waals surface area (Å²) in [5.74, 6) is -4.69. The highest BCUT2D eigenvalue weighted by Crippen LogP contribution is 2.36. The average molecular weight is 480 g/mol. The van der Waals surface area contributed by atoms with E-state index in [0.717, 1.165) is 11.3 Å². The average Bonchev–Trinajstić information content (AvgIpc) is 3.34. The summed E-state index contributed by atoms with van der Waals surface area (Å²) in [5, 5.41) is 3.96. The number of halogens is 3. The third-order valence-electron chi connectivity index (χ3n) is 5.04. The minimum atomic E-state index is -2.71. The number of nitrogen functional groups attached to an aromatic ring is 1. The molecule has 1 amide bonds. The van der Waals surface area contributed by atoms with Crippen molar-refractivity contribution in [3.05, 3.63) is 52.5 Å². The van der Waals surface area contributed by atoms with Gasteiger partial charge in [0.2, 0.25) is 17.5 Å². The van der Waals surface area contributed by atoms with Crippen molar-refractivity contribution in [3.63, 3.8) is 0 Å². The van der Waals surface area contributed by atoms with Crippen LogP contribution in [0.5, 0.6) is 0 Å². The van der Waals surface area contributed by atoms with E-state index in [1.807, 2.05) is 0 Å². The number of primary amides is 1. The van der Waals surface area contributed by atoms with E-state index < -0.39 is 29.5 Å². The lowest BCUT2D eigenvalue weighted by Gasteiger charge is -2.37. The first-order valence-corrected chi connectivity index (χ1v) is 10.6. The normalized spacial score (nSPS) is 16.2. The van der Waals surface area contributed by atoms with Crippen molar-refractivity contribution in [2.24, 2.45) is 5.73 Å². The summed E-state index contributed by atoms with van der Waals surface area (Å²) in [7, 11) is 0. The van der Waals surface area contributed by atoms with Crippen LogP contribution in [0.3, 0.4) is 0 Å². The molecule has 0 bridgehead atoms. The first-order chi connectivity index (χ1) is 15.5. The van der Waals surface area contributed by atoms with E-state index in [-0.39, 0.29) is 41.2 Å². The number of nitrogens with zero attached hydrogens (tertiary/aromatic N) is 4. The zero-order valence-corrected chi connectivity index (χ0v) is 18.1. The van der Waals surface area contributed by atoms with Crippen molar-refractivity contribution in [2.75, 3.05) is 23.7 Å². The largest absolute Gasteiger partial charge is 0.382 e. The van der Waals surface area contributed by atoms with Gasteiger partial charge in [-0.25, -0.2) is 18.2 Å². The summed E-state index contributed by atoms with van der Waals surface area (Å²) < 4.78 is 44.5. The number of carbonyl (C=O) groups is 2. The van der Waals surface area contributed by atoms with Crippen molar-refractivity contribution < 1.29 is 27.3 Å². The molecule has 9 nitrogen and oxygen atoms in total. The van der Waals surface area contributed by atoms with Gasteiger partial charge in [0.25, 0.3) is 5.92 Å². The first-order valence-electron chi connectivity index (χ1n) is 9.75. The number of rotatable bonds is 8. The monoisotopic (exact) mass is 480 g/mol. The van der Waals surface area contributed by atoms with E-state index in [4.69, 9.17) is 16.0 Å². The molecular formula is C20H19F3N6O3S. The minimum absolute atomic E-state index is 0.0342. The second-order valence-corrected chi connectivity index (χ2v) is 8.63. The summed E-state index contributed by atoms with van der Waals surface area (Å²) >= 11 is 0.895. The van der Waals surface area contributed by atoms with Crippen LogP contribution in [0.2, 0.25) is 0 Å². The Morgan fingerprint density at radius 1 is 1.30 bits per heavy atom. The van der Waals surface area contributed by atoms with Gasteiger partial charge in [-0.1, -0.05) is 16.5 Å². The molecule has 4 N–H and O–H groups in total. The molecule has 1 saturated heterocycles. The number of nitrogens with two attached hydrogens (primary N) is 2. The zero-order chi connectivity index (χ0) is 23.9. The molecule has 174 valence electrons. The predicted octanol–water partition coefficient (Wildman–Crippen LogP) is 2.55. The van der Waals surface area contributed by atoms with E-state index in [2.05, 4.69) is 10.1 Å². The van der Waals surface area contributed by atoms with Crippen LogP contribution < -0.4 is 16.4 Å². The lowest BCUT2D eigenvalue weighted by molar-refractivity contribution is -0.134. The van der Waals surface area contributed by atoms with Crippen molar-refractivity contribution >= 4 is 39.7 Å². The Balaban J connectivity index is 1.58. The molecule has 4 rings (SSSR count). The molecular weight excluding hydrogens is 461 g/mol. The fourth-order valence-electron chi connectivity index (χ4n) is 3.37. The van der Waals surface area contributed by atoms with E-state index in [0.29, 0.717) is 11.4 Å². The minimum Gasteiger partial charge on any atom is -0.382 e. The van der Waals surface area contributed by atoms with Crippen molar-refractivity contribution in [1.29, 1.82) is 0 Å². The molecule has 2 aromatic heterocycles. The van der Waals surface area contributed by atoms with Gasteiger partial charge in [-0.2, -0.15) is 0 Å². The van der Waals surface area contributed by atoms with E-state index >= 15 is 0 Å². The molecule has 0 saturated carbocycles. The number of aromatic nitrogens is 2. The molecule has 13 heteroatoms. The maximum atomic E-state index is 13.4. The summed E-state index contributed by atoms with van der Waals surface area (Å²) in [6, 6.07) is 5.79. The molecule has 0 spiro atoms. The van der Waals surface area contributed by atoms with E-state index in [1.165, 1.54) is 47.1 Å². The standard InChI is InChI=1S/C20H19F3N6O3S/c1-10(18(25)31)29(13-4-2-11(21)3-5-13)19-26-17(24)16(33-19)15(30)14-6-12(27-32-14)7-28-8-20(22,23)9-28/h2-6,10H,7-9,24H2,1H3,(H2,25,31). The maximum absolute atomic E-state index is 13.4. The molecule has 3 aromatic rings. The van der Waals surface area contributed by atoms with Crippen molar-refractivity contribution in [3.8, 4) is 0 Å². The Hall–Kier alpha value is -3.45. The van der Waals surface area contributed by atoms with Gasteiger partial charge in [0, 0.05) is 18.3 Å². The van der Waals surface area contributed by atoms with Gasteiger partial charge < -0.3 is 20.9 Å². The van der Waals surface area contributed by atoms with Crippen LogP contribution >= 0.6 is 11.3 Å². The number of carbonyl (C=O) groups excluding carboxylic acids is 2. The molecule has 1 unspecified atom stereocenters. The maximum Gasteiger partial charge on any atom is 0.272 e. The van der Waals surface area contributed by atoms with Gasteiger partial charge in [-0.15, -0.1) is 0 Å². The Morgan fingerprint density at radius 2 is 1.97 bits per heavy atom. The predicted molar refractivity (Wildman–Crippen MR) is 114 cm³/mol. The van der Waals surface area contributed by atoms with Gasteiger partial charge >= 0.3 is 0 Å². The molecule has 1 atom stereocenters. The van der Waals surface area contributed by atoms with Crippen LogP contribution in [0, 0.1) is 5.82 Å². The lowest BCUT2D eigenvalue weighted by atomic mass is 10.1. The number of thiazole rings is 1. The van der Waals surface area contributed by atoms with Crippen LogP contribution in [-0.4, -0.2) is 51.8 Å². The SMILES string of the molecule is CC(C(N)=O)N(c1ccc(F)cc1)c1nc(N)c(C(=O)c2cc(CN3CC(F)(F)C3)no2)s1. The second kappa shape index (κ2) is 8.48. The Labute approximate surface area is 189 Å². The number of benzene rings is 1. The Morgan fingerprint density at radius 3 is 2.58 bits per heavy atom. The highest BCUT2D eigenvalue weighted by Gasteiger charge is 2.43. The molecule has 0 aliphatic carbocycles. The third kappa shape index (κ3) is 4.68. The number of amides is 1. The lowest BCUT2D eigenvalue weighted by Crippen LogP contribution is -2.55. The summed E-state index contributed by atoms with van der Waals surface area (Å²) in [4.78, 5) is 32.0. The smallest absolute Gasteiger partial charge is 0.272 e. The molecule has 33 heavy (non-hydrogen) atoms. The van der Waals surface area contributed by atoms with Gasteiger partial charge in [0.05, 0.1) is 18.8 Å². The van der Waals surface area contributed by atoms with Crippen LogP contribution in [0.15, 0.2) is 34.9 Å². The van der Waals surface area contributed by atoms with Gasteiger partial charge in [0.1, 0.15) is 22.6 Å². The summed E-state index contributed by atoms with van der Waals surface area (Å²) in [6.45, 7) is 0.883. The van der Waals surface area contributed by atoms with Crippen molar-refractivity contribution in [2.45, 2.75) is 25.4 Å². The number of hydrogen-bond acceptors (Lipinski definition) is 9. The van der Waals surface area contributed by atoms with Crippen LogP contribution in [-0.2, 0) is 11.3 Å². The quantitative estimate of drug-likeness (QED) is 0.470. The van der Waals surface area contributed by atoms with Gasteiger partial charge in [0.15, 0.2) is 5.13 Å². The van der Waals surface area contributed by atoms with E-state index in [9.17, 15) is 22.8 Å². The number of ketones is 1. The third-order valence-corrected chi connectivity index (χ3v) is 6.11. The molecule has 3 heterocycles. The fourth-order valence-corrected chi connectivity index (χ4v) is 4.40. The van der Waals surface area contributed by atoms with Gasteiger partial charge in [-0.05, 0) is 31.2 Å². The topological polar surface area (TPSA) is 132 Å². The summed E-state index contributed by atoms with van der Waals surface area (Å²) in [5.41, 5.74) is 12.2. The number of alkyl halides is 2. The molecule has 1 fully saturated rings. The number of anilines is 3. The van der Waals surface area contributed by atoms with Gasteiger partial charge in [-0.3, -0.25) is 14.5 Å². The van der Waals surface area contributed by atoms with E-state index in [1.54, 1.807) is 0 Å². The molecule has 0 radical (unpaired) electrons. The fraction of sp³-hybridized carbons (Fsp3) is 0.300. The Bertz CT molecular complexity index is 1190. The van der Waals surface area contributed by atoms with Crippen LogP contribution in [0.25, 0.3) is 0 Å². The highest BCUT2D eigenvalue weighted by atomic mass is 32.1. The molecule has 1 aliphatic rings. The van der Waals surface area contributed by atoms with Crippen LogP contribution in [0.4, 0.5) is 29.8 Å². The van der Waals surface area contributed by atoms with Crippen molar-refractivity contribution in [1.82, 2.24) is 15.0 Å². The highest BCUT2D eigenvalue weighted by molar-refractivity contribution is 7.18.